The Balaban J connectivity index is 1.50. The predicted octanol–water partition coefficient (Wildman–Crippen LogP) is 3.86. The van der Waals surface area contributed by atoms with Crippen LogP contribution in [0.15, 0.2) is 83.8 Å². The third-order valence-electron chi connectivity index (χ3n) is 4.33. The first kappa shape index (κ1) is 22.2. The fourth-order valence-electron chi connectivity index (χ4n) is 2.61. The first-order valence-electron chi connectivity index (χ1n) is 9.37. The van der Waals surface area contributed by atoms with E-state index in [2.05, 4.69) is 10.0 Å². The minimum atomic E-state index is -3.49. The highest BCUT2D eigenvalue weighted by Gasteiger charge is 2.09. The van der Waals surface area contributed by atoms with Crippen molar-refractivity contribution >= 4 is 22.0 Å². The second-order valence-electron chi connectivity index (χ2n) is 6.53. The van der Waals surface area contributed by atoms with Crippen LogP contribution in [0.3, 0.4) is 0 Å². The number of ether oxygens (including phenoxy) is 1. The highest BCUT2D eigenvalue weighted by molar-refractivity contribution is 7.89. The molecular formula is C23H21FN2O4S. The molecule has 160 valence electrons. The topological polar surface area (TPSA) is 84.5 Å². The summed E-state index contributed by atoms with van der Waals surface area (Å²) in [6, 6.07) is 19.1. The van der Waals surface area contributed by atoms with Crippen LogP contribution in [0.4, 0.5) is 4.39 Å². The second-order valence-corrected chi connectivity index (χ2v) is 8.41. The van der Waals surface area contributed by atoms with Crippen LogP contribution >= 0.6 is 0 Å². The van der Waals surface area contributed by atoms with E-state index in [1.807, 2.05) is 12.1 Å². The number of nitrogens with one attached hydrogen (secondary N) is 2. The lowest BCUT2D eigenvalue weighted by atomic mass is 10.2. The van der Waals surface area contributed by atoms with E-state index in [1.165, 1.54) is 37.4 Å². The van der Waals surface area contributed by atoms with Crippen molar-refractivity contribution in [2.45, 2.75) is 11.4 Å². The van der Waals surface area contributed by atoms with Crippen LogP contribution in [0, 0.1) is 5.82 Å². The van der Waals surface area contributed by atoms with Crippen LogP contribution in [0.1, 0.15) is 11.1 Å². The summed E-state index contributed by atoms with van der Waals surface area (Å²) in [6.07, 6.45) is 2.98. The van der Waals surface area contributed by atoms with E-state index in [-0.39, 0.29) is 16.6 Å². The third kappa shape index (κ3) is 6.50. The number of sulfonamides is 1. The molecule has 3 rings (SSSR count). The van der Waals surface area contributed by atoms with Crippen molar-refractivity contribution in [1.29, 1.82) is 0 Å². The van der Waals surface area contributed by atoms with Crippen molar-refractivity contribution in [3.05, 3.63) is 95.8 Å². The van der Waals surface area contributed by atoms with E-state index >= 15 is 0 Å². The van der Waals surface area contributed by atoms with Crippen molar-refractivity contribution in [2.75, 3.05) is 7.05 Å². The average Bonchev–Trinajstić information content (AvgIpc) is 2.79. The van der Waals surface area contributed by atoms with Gasteiger partial charge in [0.2, 0.25) is 15.9 Å². The maximum atomic E-state index is 12.9. The summed E-state index contributed by atoms with van der Waals surface area (Å²) >= 11 is 0. The lowest BCUT2D eigenvalue weighted by Crippen LogP contribution is -2.20. The standard InChI is InChI=1S/C23H21FN2O4S/c1-25-31(28,29)22-13-4-17(5-14-22)6-15-23(27)26-16-18-2-9-20(10-3-18)30-21-11-7-19(24)8-12-21/h2-15,25H,16H2,1H3,(H,26,27)/b15-6+. The second kappa shape index (κ2) is 10.0. The summed E-state index contributed by atoms with van der Waals surface area (Å²) in [4.78, 5) is 12.2. The van der Waals surface area contributed by atoms with Crippen molar-refractivity contribution in [3.8, 4) is 11.5 Å². The van der Waals surface area contributed by atoms with Gasteiger partial charge in [0.15, 0.2) is 0 Å². The zero-order valence-electron chi connectivity index (χ0n) is 16.7. The van der Waals surface area contributed by atoms with E-state index < -0.39 is 10.0 Å². The lowest BCUT2D eigenvalue weighted by Gasteiger charge is -2.07. The van der Waals surface area contributed by atoms with Crippen LogP contribution in [-0.2, 0) is 21.4 Å². The summed E-state index contributed by atoms with van der Waals surface area (Å²) in [7, 11) is -2.14. The highest BCUT2D eigenvalue weighted by atomic mass is 32.2. The van der Waals surface area contributed by atoms with Crippen LogP contribution in [0.5, 0.6) is 11.5 Å². The minimum Gasteiger partial charge on any atom is -0.457 e. The van der Waals surface area contributed by atoms with Gasteiger partial charge in [-0.15, -0.1) is 0 Å². The summed E-state index contributed by atoms with van der Waals surface area (Å²) in [6.45, 7) is 0.333. The Labute approximate surface area is 180 Å². The molecular weight excluding hydrogens is 419 g/mol. The largest absolute Gasteiger partial charge is 0.457 e. The Bertz CT molecular complexity index is 1160. The van der Waals surface area contributed by atoms with Crippen molar-refractivity contribution in [1.82, 2.24) is 10.0 Å². The molecule has 0 saturated heterocycles. The first-order valence-corrected chi connectivity index (χ1v) is 10.9. The molecule has 1 amide bonds. The summed E-state index contributed by atoms with van der Waals surface area (Å²) in [5, 5.41) is 2.78. The van der Waals surface area contributed by atoms with Crippen LogP contribution in [0.25, 0.3) is 6.08 Å². The number of benzene rings is 3. The molecule has 0 aliphatic carbocycles. The SMILES string of the molecule is CNS(=O)(=O)c1ccc(/C=C/C(=O)NCc2ccc(Oc3ccc(F)cc3)cc2)cc1. The molecule has 0 spiro atoms. The molecule has 0 saturated carbocycles. The normalized spacial score (nSPS) is 11.4. The molecule has 0 unspecified atom stereocenters. The van der Waals surface area contributed by atoms with Crippen LogP contribution < -0.4 is 14.8 Å². The van der Waals surface area contributed by atoms with Gasteiger partial charge in [0.1, 0.15) is 17.3 Å². The molecule has 0 fully saturated rings. The van der Waals surface area contributed by atoms with Gasteiger partial charge in [-0.25, -0.2) is 17.5 Å². The Morgan fingerprint density at radius 1 is 0.935 bits per heavy atom. The molecule has 31 heavy (non-hydrogen) atoms. The van der Waals surface area contributed by atoms with Gasteiger partial charge in [-0.2, -0.15) is 0 Å². The molecule has 0 radical (unpaired) electrons. The zero-order chi connectivity index (χ0) is 22.3. The van der Waals surface area contributed by atoms with E-state index in [4.69, 9.17) is 4.74 Å². The fraction of sp³-hybridized carbons (Fsp3) is 0.0870. The van der Waals surface area contributed by atoms with Gasteiger partial charge in [-0.1, -0.05) is 24.3 Å². The number of hydrogen-bond acceptors (Lipinski definition) is 4. The Hall–Kier alpha value is -3.49. The summed E-state index contributed by atoms with van der Waals surface area (Å²) in [5.74, 6) is 0.527. The number of hydrogen-bond donors (Lipinski definition) is 2. The lowest BCUT2D eigenvalue weighted by molar-refractivity contribution is -0.116. The molecule has 0 bridgehead atoms. The Morgan fingerprint density at radius 2 is 1.52 bits per heavy atom. The quantitative estimate of drug-likeness (QED) is 0.521. The Kier molecular flexibility index (Phi) is 7.17. The van der Waals surface area contributed by atoms with Gasteiger partial charge in [0.05, 0.1) is 4.90 Å². The Morgan fingerprint density at radius 3 is 2.10 bits per heavy atom. The number of amides is 1. The number of halogens is 1. The average molecular weight is 440 g/mol. The minimum absolute atomic E-state index is 0.156. The van der Waals surface area contributed by atoms with E-state index in [0.717, 1.165) is 5.56 Å². The molecule has 0 heterocycles. The van der Waals surface area contributed by atoms with Crippen LogP contribution in [0.2, 0.25) is 0 Å². The van der Waals surface area contributed by atoms with Gasteiger partial charge >= 0.3 is 0 Å². The molecule has 2 N–H and O–H groups in total. The maximum absolute atomic E-state index is 12.9. The van der Waals surface area contributed by atoms with Gasteiger partial charge in [-0.05, 0) is 72.8 Å². The van der Waals surface area contributed by atoms with E-state index in [9.17, 15) is 17.6 Å². The molecule has 3 aromatic rings. The first-order chi connectivity index (χ1) is 14.9. The van der Waals surface area contributed by atoms with Crippen molar-refractivity contribution < 1.29 is 22.3 Å². The molecule has 0 aliphatic rings. The smallest absolute Gasteiger partial charge is 0.244 e. The third-order valence-corrected chi connectivity index (χ3v) is 5.76. The number of rotatable bonds is 8. The van der Waals surface area contributed by atoms with Crippen molar-refractivity contribution in [3.63, 3.8) is 0 Å². The predicted molar refractivity (Wildman–Crippen MR) is 116 cm³/mol. The summed E-state index contributed by atoms with van der Waals surface area (Å²) < 4.78 is 44.2. The van der Waals surface area contributed by atoms with Gasteiger partial charge in [-0.3, -0.25) is 4.79 Å². The van der Waals surface area contributed by atoms with Gasteiger partial charge in [0.25, 0.3) is 0 Å². The van der Waals surface area contributed by atoms with Gasteiger partial charge in [0, 0.05) is 12.6 Å². The van der Waals surface area contributed by atoms with Gasteiger partial charge < -0.3 is 10.1 Å². The van der Waals surface area contributed by atoms with Crippen LogP contribution in [-0.4, -0.2) is 21.4 Å². The van der Waals surface area contributed by atoms with Crippen molar-refractivity contribution in [2.24, 2.45) is 0 Å². The number of carbonyl (C=O) groups excluding carboxylic acids is 1. The van der Waals surface area contributed by atoms with E-state index in [0.29, 0.717) is 23.6 Å². The molecule has 8 heteroatoms. The molecule has 0 atom stereocenters. The molecule has 3 aromatic carbocycles. The molecule has 6 nitrogen and oxygen atoms in total. The van der Waals surface area contributed by atoms with E-state index in [1.54, 1.807) is 42.5 Å². The highest BCUT2D eigenvalue weighted by Crippen LogP contribution is 2.21. The molecule has 0 aromatic heterocycles. The number of carbonyl (C=O) groups is 1. The molecule has 0 aliphatic heterocycles. The fourth-order valence-corrected chi connectivity index (χ4v) is 3.34. The zero-order valence-corrected chi connectivity index (χ0v) is 17.5. The maximum Gasteiger partial charge on any atom is 0.244 e. The summed E-state index contributed by atoms with van der Waals surface area (Å²) in [5.41, 5.74) is 1.59. The monoisotopic (exact) mass is 440 g/mol.